The highest BCUT2D eigenvalue weighted by atomic mass is 19.1. The molecule has 24 heavy (non-hydrogen) atoms. The fourth-order valence-electron chi connectivity index (χ4n) is 2.12. The number of carbonyl (C=O) groups is 2. The third-order valence-electron chi connectivity index (χ3n) is 3.30. The van der Waals surface area contributed by atoms with Crippen LogP contribution in [0.1, 0.15) is 15.9 Å². The highest BCUT2D eigenvalue weighted by Crippen LogP contribution is 2.13. The van der Waals surface area contributed by atoms with E-state index >= 15 is 0 Å². The average Bonchev–Trinajstić information content (AvgIpc) is 2.54. The number of nitrogens with zero attached hydrogens (tertiary/aromatic N) is 1. The lowest BCUT2D eigenvalue weighted by Crippen LogP contribution is -2.45. The van der Waals surface area contributed by atoms with Crippen molar-refractivity contribution < 1.29 is 18.9 Å². The summed E-state index contributed by atoms with van der Waals surface area (Å²) in [6.45, 7) is 0. The van der Waals surface area contributed by atoms with Crippen molar-refractivity contribution in [1.82, 2.24) is 5.32 Å². The molecule has 0 heterocycles. The second-order valence-electron chi connectivity index (χ2n) is 5.07. The van der Waals surface area contributed by atoms with Gasteiger partial charge in [-0.05, 0) is 23.8 Å². The van der Waals surface area contributed by atoms with Gasteiger partial charge < -0.3 is 11.1 Å². The van der Waals surface area contributed by atoms with Gasteiger partial charge in [-0.3, -0.25) is 19.7 Å². The number of benzene rings is 2. The zero-order chi connectivity index (χ0) is 17.7. The number of nitrogens with one attached hydrogen (secondary N) is 1. The highest BCUT2D eigenvalue weighted by Gasteiger charge is 2.20. The molecule has 3 N–H and O–H groups in total. The van der Waals surface area contributed by atoms with Gasteiger partial charge in [0.25, 0.3) is 11.6 Å². The topological polar surface area (TPSA) is 115 Å². The minimum atomic E-state index is -1.07. The molecule has 0 radical (unpaired) electrons. The van der Waals surface area contributed by atoms with Gasteiger partial charge in [0.2, 0.25) is 5.91 Å². The van der Waals surface area contributed by atoms with E-state index in [1.165, 1.54) is 36.4 Å². The monoisotopic (exact) mass is 331 g/mol. The van der Waals surface area contributed by atoms with Crippen LogP contribution in [0.5, 0.6) is 0 Å². The lowest BCUT2D eigenvalue weighted by Gasteiger charge is -2.15. The van der Waals surface area contributed by atoms with Crippen molar-refractivity contribution in [1.29, 1.82) is 0 Å². The summed E-state index contributed by atoms with van der Waals surface area (Å²) >= 11 is 0. The molecule has 2 aromatic carbocycles. The third-order valence-corrected chi connectivity index (χ3v) is 3.30. The second kappa shape index (κ2) is 7.32. The van der Waals surface area contributed by atoms with Crippen LogP contribution in [-0.2, 0) is 11.2 Å². The van der Waals surface area contributed by atoms with E-state index in [0.717, 1.165) is 6.07 Å². The number of carbonyl (C=O) groups excluding carboxylic acids is 2. The number of non-ortho nitro benzene ring substituents is 1. The Bertz CT molecular complexity index is 794. The predicted molar refractivity (Wildman–Crippen MR) is 83.6 cm³/mol. The standard InChI is InChI=1S/C16H14FN3O4/c17-12-5-1-3-10(7-12)8-14(15(18)21)19-16(22)11-4-2-6-13(9-11)20(23)24/h1-7,9,14H,8H2,(H2,18,21)(H,19,22)/t14-/m1/s1. The number of hydrogen-bond donors (Lipinski definition) is 2. The Hall–Kier alpha value is -3.29. The quantitative estimate of drug-likeness (QED) is 0.617. The summed E-state index contributed by atoms with van der Waals surface area (Å²) in [5, 5.41) is 13.2. The molecule has 0 aliphatic heterocycles. The van der Waals surface area contributed by atoms with Crippen LogP contribution in [0.25, 0.3) is 0 Å². The van der Waals surface area contributed by atoms with E-state index in [1.807, 2.05) is 0 Å². The van der Waals surface area contributed by atoms with E-state index in [0.29, 0.717) is 5.56 Å². The molecule has 2 aromatic rings. The fourth-order valence-corrected chi connectivity index (χ4v) is 2.12. The van der Waals surface area contributed by atoms with Gasteiger partial charge in [0, 0.05) is 24.1 Å². The van der Waals surface area contributed by atoms with E-state index in [4.69, 9.17) is 5.73 Å². The lowest BCUT2D eigenvalue weighted by molar-refractivity contribution is -0.384. The van der Waals surface area contributed by atoms with Gasteiger partial charge >= 0.3 is 0 Å². The van der Waals surface area contributed by atoms with Crippen LogP contribution in [-0.4, -0.2) is 22.8 Å². The summed E-state index contributed by atoms with van der Waals surface area (Å²) in [5.41, 5.74) is 5.53. The van der Waals surface area contributed by atoms with E-state index in [-0.39, 0.29) is 17.7 Å². The maximum Gasteiger partial charge on any atom is 0.270 e. The first kappa shape index (κ1) is 17.1. The molecule has 2 amide bonds. The van der Waals surface area contributed by atoms with Crippen LogP contribution in [0.15, 0.2) is 48.5 Å². The number of rotatable bonds is 6. The van der Waals surface area contributed by atoms with Crippen LogP contribution in [0.4, 0.5) is 10.1 Å². The molecule has 0 fully saturated rings. The summed E-state index contributed by atoms with van der Waals surface area (Å²) in [4.78, 5) is 33.8. The number of nitro groups is 1. The normalized spacial score (nSPS) is 11.5. The molecule has 0 bridgehead atoms. The fraction of sp³-hybridized carbons (Fsp3) is 0.125. The van der Waals surface area contributed by atoms with Gasteiger partial charge in [0.15, 0.2) is 0 Å². The first-order valence-corrected chi connectivity index (χ1v) is 6.96. The Morgan fingerprint density at radius 3 is 2.54 bits per heavy atom. The van der Waals surface area contributed by atoms with Crippen LogP contribution < -0.4 is 11.1 Å². The van der Waals surface area contributed by atoms with Gasteiger partial charge in [0.05, 0.1) is 4.92 Å². The molecule has 1 atom stereocenters. The highest BCUT2D eigenvalue weighted by molar-refractivity contribution is 5.97. The van der Waals surface area contributed by atoms with Crippen molar-refractivity contribution in [3.8, 4) is 0 Å². The Balaban J connectivity index is 2.15. The van der Waals surface area contributed by atoms with Gasteiger partial charge in [-0.1, -0.05) is 18.2 Å². The molecular formula is C16H14FN3O4. The molecule has 0 aromatic heterocycles. The van der Waals surface area contributed by atoms with Crippen molar-refractivity contribution in [2.45, 2.75) is 12.5 Å². The largest absolute Gasteiger partial charge is 0.368 e. The van der Waals surface area contributed by atoms with Gasteiger partial charge in [0.1, 0.15) is 11.9 Å². The predicted octanol–water partition coefficient (Wildman–Crippen LogP) is 1.56. The first-order valence-electron chi connectivity index (χ1n) is 6.96. The zero-order valence-corrected chi connectivity index (χ0v) is 12.4. The Labute approximate surface area is 136 Å². The molecule has 124 valence electrons. The smallest absolute Gasteiger partial charge is 0.270 e. The Morgan fingerprint density at radius 1 is 1.21 bits per heavy atom. The molecular weight excluding hydrogens is 317 g/mol. The molecule has 0 saturated carbocycles. The number of nitrogens with two attached hydrogens (primary N) is 1. The third kappa shape index (κ3) is 4.35. The van der Waals surface area contributed by atoms with Crippen molar-refractivity contribution >= 4 is 17.5 Å². The molecule has 0 aliphatic rings. The number of hydrogen-bond acceptors (Lipinski definition) is 4. The second-order valence-corrected chi connectivity index (χ2v) is 5.07. The molecule has 0 saturated heterocycles. The van der Waals surface area contributed by atoms with E-state index < -0.39 is 28.6 Å². The first-order chi connectivity index (χ1) is 11.4. The number of primary amides is 1. The van der Waals surface area contributed by atoms with Crippen molar-refractivity contribution in [3.05, 3.63) is 75.6 Å². The Kier molecular flexibility index (Phi) is 5.20. The molecule has 7 nitrogen and oxygen atoms in total. The van der Waals surface area contributed by atoms with E-state index in [9.17, 15) is 24.1 Å². The van der Waals surface area contributed by atoms with Gasteiger partial charge in [-0.2, -0.15) is 0 Å². The zero-order valence-electron chi connectivity index (χ0n) is 12.4. The van der Waals surface area contributed by atoms with E-state index in [1.54, 1.807) is 6.07 Å². The van der Waals surface area contributed by atoms with Crippen LogP contribution in [0.3, 0.4) is 0 Å². The summed E-state index contributed by atoms with van der Waals surface area (Å²) in [6.07, 6.45) is 0.00770. The maximum atomic E-state index is 13.2. The van der Waals surface area contributed by atoms with Gasteiger partial charge in [-0.25, -0.2) is 4.39 Å². The minimum Gasteiger partial charge on any atom is -0.368 e. The van der Waals surface area contributed by atoms with Crippen molar-refractivity contribution in [2.24, 2.45) is 5.73 Å². The van der Waals surface area contributed by atoms with Crippen LogP contribution >= 0.6 is 0 Å². The summed E-state index contributed by atoms with van der Waals surface area (Å²) in [6, 6.07) is 9.56. The summed E-state index contributed by atoms with van der Waals surface area (Å²) in [7, 11) is 0. The number of amides is 2. The molecule has 8 heteroatoms. The van der Waals surface area contributed by atoms with Crippen LogP contribution in [0, 0.1) is 15.9 Å². The summed E-state index contributed by atoms with van der Waals surface area (Å²) in [5.74, 6) is -1.95. The summed E-state index contributed by atoms with van der Waals surface area (Å²) < 4.78 is 13.2. The average molecular weight is 331 g/mol. The molecule has 0 spiro atoms. The molecule has 2 rings (SSSR count). The van der Waals surface area contributed by atoms with Crippen molar-refractivity contribution in [3.63, 3.8) is 0 Å². The minimum absolute atomic E-state index is 0.00770. The van der Waals surface area contributed by atoms with Crippen molar-refractivity contribution in [2.75, 3.05) is 0 Å². The van der Waals surface area contributed by atoms with E-state index in [2.05, 4.69) is 5.32 Å². The molecule has 0 unspecified atom stereocenters. The number of halogens is 1. The number of nitro benzene ring substituents is 1. The Morgan fingerprint density at radius 2 is 1.92 bits per heavy atom. The SMILES string of the molecule is NC(=O)[C@@H](Cc1cccc(F)c1)NC(=O)c1cccc([N+](=O)[O-])c1. The van der Waals surface area contributed by atoms with Gasteiger partial charge in [-0.15, -0.1) is 0 Å². The lowest BCUT2D eigenvalue weighted by atomic mass is 10.0. The van der Waals surface area contributed by atoms with Crippen LogP contribution in [0.2, 0.25) is 0 Å². The maximum absolute atomic E-state index is 13.2. The molecule has 0 aliphatic carbocycles.